The van der Waals surface area contributed by atoms with E-state index in [1.54, 1.807) is 0 Å². The van der Waals surface area contributed by atoms with Crippen molar-refractivity contribution in [1.29, 1.82) is 0 Å². The van der Waals surface area contributed by atoms with E-state index in [0.29, 0.717) is 0 Å². The van der Waals surface area contributed by atoms with Crippen LogP contribution < -0.4 is 0 Å². The topological polar surface area (TPSA) is 20.2 Å². The molecule has 0 radical (unpaired) electrons. The molecule has 0 amide bonds. The van der Waals surface area contributed by atoms with Crippen molar-refractivity contribution in [2.24, 2.45) is 0 Å². The van der Waals surface area contributed by atoms with Gasteiger partial charge in [-0.3, -0.25) is 0 Å². The Hall–Kier alpha value is -1.12. The van der Waals surface area contributed by atoms with Crippen molar-refractivity contribution in [2.75, 3.05) is 0 Å². The van der Waals surface area contributed by atoms with Crippen LogP contribution in [0.15, 0.2) is 40.9 Å². The Morgan fingerprint density at radius 3 is 2.06 bits per heavy atom. The summed E-state index contributed by atoms with van der Waals surface area (Å²) in [5.41, 5.74) is 5.52. The molecule has 0 heterocycles. The Kier molecular flexibility index (Phi) is 3.88. The van der Waals surface area contributed by atoms with Crippen LogP contribution in [0.3, 0.4) is 0 Å². The summed E-state index contributed by atoms with van der Waals surface area (Å²) in [5.74, 6) is 0. The summed E-state index contributed by atoms with van der Waals surface area (Å²) in [6.45, 7) is 6.22. The zero-order valence-corrected chi connectivity index (χ0v) is 12.5. The molecule has 0 spiro atoms. The molecule has 2 aromatic carbocycles. The molecular weight excluding hydrogens is 288 g/mol. The molecule has 0 aliphatic rings. The van der Waals surface area contributed by atoms with Gasteiger partial charge >= 0.3 is 0 Å². The second-order valence-electron chi connectivity index (χ2n) is 4.75. The van der Waals surface area contributed by atoms with Gasteiger partial charge in [-0.05, 0) is 60.7 Å². The summed E-state index contributed by atoms with van der Waals surface area (Å²) < 4.78 is 1.02. The lowest BCUT2D eigenvalue weighted by atomic mass is 9.94. The number of halogens is 1. The zero-order valence-electron chi connectivity index (χ0n) is 10.9. The van der Waals surface area contributed by atoms with Crippen molar-refractivity contribution < 1.29 is 5.11 Å². The van der Waals surface area contributed by atoms with E-state index in [1.807, 2.05) is 31.2 Å². The van der Waals surface area contributed by atoms with E-state index in [0.717, 1.165) is 21.2 Å². The molecule has 2 rings (SSSR count). The molecule has 0 bridgehead atoms. The first-order valence-electron chi connectivity index (χ1n) is 6.00. The van der Waals surface area contributed by atoms with Crippen molar-refractivity contribution in [3.63, 3.8) is 0 Å². The minimum Gasteiger partial charge on any atom is -0.384 e. The van der Waals surface area contributed by atoms with Gasteiger partial charge in [0.15, 0.2) is 0 Å². The van der Waals surface area contributed by atoms with Crippen LogP contribution in [-0.2, 0) is 0 Å². The lowest BCUT2D eigenvalue weighted by Crippen LogP contribution is -2.03. The van der Waals surface area contributed by atoms with E-state index >= 15 is 0 Å². The first kappa shape index (κ1) is 13.3. The van der Waals surface area contributed by atoms with E-state index in [1.165, 1.54) is 11.1 Å². The van der Waals surface area contributed by atoms with Gasteiger partial charge < -0.3 is 5.11 Å². The zero-order chi connectivity index (χ0) is 13.3. The van der Waals surface area contributed by atoms with E-state index in [2.05, 4.69) is 41.9 Å². The number of aliphatic hydroxyl groups is 1. The molecule has 94 valence electrons. The van der Waals surface area contributed by atoms with Crippen molar-refractivity contribution in [1.82, 2.24) is 0 Å². The lowest BCUT2D eigenvalue weighted by molar-refractivity contribution is 0.219. The van der Waals surface area contributed by atoms with Gasteiger partial charge in [-0.2, -0.15) is 0 Å². The molecule has 0 unspecified atom stereocenters. The lowest BCUT2D eigenvalue weighted by Gasteiger charge is -2.16. The van der Waals surface area contributed by atoms with Crippen LogP contribution in [0, 0.1) is 20.8 Å². The Morgan fingerprint density at radius 1 is 0.889 bits per heavy atom. The van der Waals surface area contributed by atoms with Crippen LogP contribution in [0.1, 0.15) is 33.9 Å². The van der Waals surface area contributed by atoms with Gasteiger partial charge in [-0.1, -0.05) is 40.2 Å². The third-order valence-electron chi connectivity index (χ3n) is 3.36. The molecule has 2 heteroatoms. The average molecular weight is 305 g/mol. The molecule has 18 heavy (non-hydrogen) atoms. The number of rotatable bonds is 2. The Bertz CT molecular complexity index is 558. The number of aliphatic hydroxyl groups excluding tert-OH is 1. The summed E-state index contributed by atoms with van der Waals surface area (Å²) in [5, 5.41) is 10.5. The summed E-state index contributed by atoms with van der Waals surface area (Å²) in [6, 6.07) is 12.0. The van der Waals surface area contributed by atoms with Crippen molar-refractivity contribution in [3.8, 4) is 0 Å². The van der Waals surface area contributed by atoms with Gasteiger partial charge in [0.1, 0.15) is 6.10 Å². The third kappa shape index (κ3) is 2.65. The fraction of sp³-hybridized carbons (Fsp3) is 0.250. The SMILES string of the molecule is Cc1cc(C)c([C@@H](O)c2ccc(Br)cc2)cc1C. The van der Waals surface area contributed by atoms with E-state index in [4.69, 9.17) is 0 Å². The predicted molar refractivity (Wildman–Crippen MR) is 78.9 cm³/mol. The summed E-state index contributed by atoms with van der Waals surface area (Å²) in [6.07, 6.45) is -0.558. The van der Waals surface area contributed by atoms with E-state index in [-0.39, 0.29) is 0 Å². The minimum atomic E-state index is -0.558. The standard InChI is InChI=1S/C16H17BrO/c1-10-8-12(3)15(9-11(10)2)16(18)13-4-6-14(17)7-5-13/h4-9,16,18H,1-3H3/t16-/m0/s1. The maximum atomic E-state index is 10.5. The van der Waals surface area contributed by atoms with Crippen molar-refractivity contribution >= 4 is 15.9 Å². The van der Waals surface area contributed by atoms with Gasteiger partial charge in [0, 0.05) is 4.47 Å². The quantitative estimate of drug-likeness (QED) is 0.868. The maximum Gasteiger partial charge on any atom is 0.104 e. The number of benzene rings is 2. The van der Waals surface area contributed by atoms with Crippen molar-refractivity contribution in [3.05, 3.63) is 68.7 Å². The molecule has 0 saturated heterocycles. The van der Waals surface area contributed by atoms with Crippen LogP contribution in [0.4, 0.5) is 0 Å². The molecule has 0 saturated carbocycles. The maximum absolute atomic E-state index is 10.5. The first-order valence-corrected chi connectivity index (χ1v) is 6.79. The molecular formula is C16H17BrO. The van der Waals surface area contributed by atoms with Gasteiger partial charge in [0.25, 0.3) is 0 Å². The number of hydrogen-bond acceptors (Lipinski definition) is 1. The fourth-order valence-corrected chi connectivity index (χ4v) is 2.37. The molecule has 2 aromatic rings. The summed E-state index contributed by atoms with van der Waals surface area (Å²) in [7, 11) is 0. The number of aryl methyl sites for hydroxylation is 3. The second kappa shape index (κ2) is 5.25. The van der Waals surface area contributed by atoms with Crippen LogP contribution in [0.2, 0.25) is 0 Å². The van der Waals surface area contributed by atoms with Gasteiger partial charge in [0.05, 0.1) is 0 Å². The van der Waals surface area contributed by atoms with Crippen molar-refractivity contribution in [2.45, 2.75) is 26.9 Å². The monoisotopic (exact) mass is 304 g/mol. The van der Waals surface area contributed by atoms with Crippen LogP contribution in [0.5, 0.6) is 0 Å². The molecule has 0 aliphatic heterocycles. The Balaban J connectivity index is 2.42. The molecule has 0 aliphatic carbocycles. The largest absolute Gasteiger partial charge is 0.384 e. The van der Waals surface area contributed by atoms with Crippen LogP contribution in [-0.4, -0.2) is 5.11 Å². The average Bonchev–Trinajstić information content (AvgIpc) is 2.34. The highest BCUT2D eigenvalue weighted by molar-refractivity contribution is 9.10. The van der Waals surface area contributed by atoms with Gasteiger partial charge in [0.2, 0.25) is 0 Å². The number of hydrogen-bond donors (Lipinski definition) is 1. The normalized spacial score (nSPS) is 12.5. The highest BCUT2D eigenvalue weighted by Crippen LogP contribution is 2.27. The Morgan fingerprint density at radius 2 is 1.44 bits per heavy atom. The molecule has 1 atom stereocenters. The molecule has 1 N–H and O–H groups in total. The second-order valence-corrected chi connectivity index (χ2v) is 5.66. The smallest absolute Gasteiger partial charge is 0.104 e. The highest BCUT2D eigenvalue weighted by Gasteiger charge is 2.13. The Labute approximate surface area is 117 Å². The molecule has 1 nitrogen and oxygen atoms in total. The predicted octanol–water partition coefficient (Wildman–Crippen LogP) is 4.46. The van der Waals surface area contributed by atoms with Gasteiger partial charge in [-0.25, -0.2) is 0 Å². The molecule has 0 fully saturated rings. The first-order chi connectivity index (χ1) is 8.49. The van der Waals surface area contributed by atoms with Crippen LogP contribution in [0.25, 0.3) is 0 Å². The summed E-state index contributed by atoms with van der Waals surface area (Å²) in [4.78, 5) is 0. The van der Waals surface area contributed by atoms with E-state index < -0.39 is 6.10 Å². The highest BCUT2D eigenvalue weighted by atomic mass is 79.9. The fourth-order valence-electron chi connectivity index (χ4n) is 2.10. The van der Waals surface area contributed by atoms with E-state index in [9.17, 15) is 5.11 Å². The summed E-state index contributed by atoms with van der Waals surface area (Å²) >= 11 is 3.40. The van der Waals surface area contributed by atoms with Crippen LogP contribution >= 0.6 is 15.9 Å². The minimum absolute atomic E-state index is 0.558. The molecule has 0 aromatic heterocycles. The van der Waals surface area contributed by atoms with Gasteiger partial charge in [-0.15, -0.1) is 0 Å². The third-order valence-corrected chi connectivity index (χ3v) is 3.89.